The Bertz CT molecular complexity index is 445. The molecule has 0 atom stereocenters. The number of aromatic nitrogens is 1. The van der Waals surface area contributed by atoms with Crippen LogP contribution in [0.25, 0.3) is 10.2 Å². The van der Waals surface area contributed by atoms with E-state index in [4.69, 9.17) is 5.73 Å². The highest BCUT2D eigenvalue weighted by atomic mass is 32.1. The van der Waals surface area contributed by atoms with E-state index in [1.807, 2.05) is 18.2 Å². The molecule has 2 N–H and O–H groups in total. The van der Waals surface area contributed by atoms with Gasteiger partial charge in [0, 0.05) is 12.1 Å². The minimum Gasteiger partial charge on any atom is -0.399 e. The van der Waals surface area contributed by atoms with Crippen LogP contribution in [0.4, 0.5) is 5.69 Å². The first-order chi connectivity index (χ1) is 6.65. The highest BCUT2D eigenvalue weighted by molar-refractivity contribution is 7.18. The predicted octanol–water partition coefficient (Wildman–Crippen LogP) is 3.08. The topological polar surface area (TPSA) is 38.9 Å². The molecule has 74 valence electrons. The number of nitrogen functional groups attached to an aromatic ring is 1. The minimum atomic E-state index is 0.660. The molecule has 2 rings (SSSR count). The first kappa shape index (κ1) is 9.46. The predicted molar refractivity (Wildman–Crippen MR) is 62.6 cm³/mol. The van der Waals surface area contributed by atoms with E-state index >= 15 is 0 Å². The Morgan fingerprint density at radius 3 is 2.93 bits per heavy atom. The van der Waals surface area contributed by atoms with Crippen molar-refractivity contribution in [3.8, 4) is 0 Å². The quantitative estimate of drug-likeness (QED) is 0.767. The molecule has 0 amide bonds. The summed E-state index contributed by atoms with van der Waals surface area (Å²) in [6.45, 7) is 4.42. The maximum Gasteiger partial charge on any atom is 0.0941 e. The van der Waals surface area contributed by atoms with Crippen molar-refractivity contribution in [2.75, 3.05) is 5.73 Å². The van der Waals surface area contributed by atoms with Gasteiger partial charge in [-0.15, -0.1) is 11.3 Å². The molecule has 0 saturated carbocycles. The zero-order valence-electron chi connectivity index (χ0n) is 8.45. The van der Waals surface area contributed by atoms with Gasteiger partial charge in [-0.25, -0.2) is 4.98 Å². The lowest BCUT2D eigenvalue weighted by Crippen LogP contribution is -1.91. The van der Waals surface area contributed by atoms with Gasteiger partial charge in [0.25, 0.3) is 0 Å². The SMILES string of the molecule is CC(C)Cc1nc2ccc(N)cc2s1. The summed E-state index contributed by atoms with van der Waals surface area (Å²) in [5.74, 6) is 0.660. The molecule has 14 heavy (non-hydrogen) atoms. The molecule has 3 heteroatoms. The summed E-state index contributed by atoms with van der Waals surface area (Å²) in [6, 6.07) is 5.89. The molecule has 1 aromatic heterocycles. The molecule has 1 aromatic carbocycles. The van der Waals surface area contributed by atoms with Gasteiger partial charge in [-0.3, -0.25) is 0 Å². The lowest BCUT2D eigenvalue weighted by Gasteiger charge is -1.97. The van der Waals surface area contributed by atoms with Crippen LogP contribution in [0.1, 0.15) is 18.9 Å². The smallest absolute Gasteiger partial charge is 0.0941 e. The van der Waals surface area contributed by atoms with E-state index in [1.165, 1.54) is 9.71 Å². The van der Waals surface area contributed by atoms with Gasteiger partial charge >= 0.3 is 0 Å². The molecule has 2 aromatic rings. The maximum atomic E-state index is 5.71. The lowest BCUT2D eigenvalue weighted by atomic mass is 10.1. The average Bonchev–Trinajstić information content (AvgIpc) is 2.44. The second-order valence-corrected chi connectivity index (χ2v) is 5.05. The van der Waals surface area contributed by atoms with Crippen LogP contribution in [-0.2, 0) is 6.42 Å². The summed E-state index contributed by atoms with van der Waals surface area (Å²) < 4.78 is 1.20. The van der Waals surface area contributed by atoms with E-state index in [9.17, 15) is 0 Å². The standard InChI is InChI=1S/C11H14N2S/c1-7(2)5-11-13-9-4-3-8(12)6-10(9)14-11/h3-4,6-7H,5,12H2,1-2H3. The van der Waals surface area contributed by atoms with Gasteiger partial charge < -0.3 is 5.73 Å². The van der Waals surface area contributed by atoms with Gasteiger partial charge in [0.2, 0.25) is 0 Å². The zero-order valence-corrected chi connectivity index (χ0v) is 9.27. The van der Waals surface area contributed by atoms with Crippen molar-refractivity contribution >= 4 is 27.2 Å². The van der Waals surface area contributed by atoms with Crippen molar-refractivity contribution in [3.63, 3.8) is 0 Å². The monoisotopic (exact) mass is 206 g/mol. The number of benzene rings is 1. The number of hydrogen-bond donors (Lipinski definition) is 1. The first-order valence-electron chi connectivity index (χ1n) is 4.80. The van der Waals surface area contributed by atoms with Crippen LogP contribution in [0.15, 0.2) is 18.2 Å². The minimum absolute atomic E-state index is 0.660. The number of hydrogen-bond acceptors (Lipinski definition) is 3. The maximum absolute atomic E-state index is 5.71. The molecular formula is C11H14N2S. The summed E-state index contributed by atoms with van der Waals surface area (Å²) in [5.41, 5.74) is 7.60. The van der Waals surface area contributed by atoms with Crippen LogP contribution >= 0.6 is 11.3 Å². The molecule has 1 heterocycles. The Hall–Kier alpha value is -1.09. The van der Waals surface area contributed by atoms with Gasteiger partial charge in [0.05, 0.1) is 15.2 Å². The van der Waals surface area contributed by atoms with Gasteiger partial charge in [0.15, 0.2) is 0 Å². The third-order valence-corrected chi connectivity index (χ3v) is 3.08. The van der Waals surface area contributed by atoms with Gasteiger partial charge in [0.1, 0.15) is 0 Å². The molecule has 0 bridgehead atoms. The van der Waals surface area contributed by atoms with E-state index < -0.39 is 0 Å². The summed E-state index contributed by atoms with van der Waals surface area (Å²) in [4.78, 5) is 4.56. The van der Waals surface area contributed by atoms with Gasteiger partial charge in [-0.2, -0.15) is 0 Å². The molecule has 0 radical (unpaired) electrons. The van der Waals surface area contributed by atoms with Crippen molar-refractivity contribution in [3.05, 3.63) is 23.2 Å². The van der Waals surface area contributed by atoms with E-state index in [2.05, 4.69) is 18.8 Å². The molecule has 0 aliphatic heterocycles. The second kappa shape index (κ2) is 3.58. The van der Waals surface area contributed by atoms with Gasteiger partial charge in [-0.1, -0.05) is 13.8 Å². The second-order valence-electron chi connectivity index (χ2n) is 3.93. The Kier molecular flexibility index (Phi) is 2.42. The third kappa shape index (κ3) is 1.87. The molecule has 0 unspecified atom stereocenters. The molecule has 0 fully saturated rings. The number of anilines is 1. The summed E-state index contributed by atoms with van der Waals surface area (Å²) in [5, 5.41) is 1.21. The van der Waals surface area contributed by atoms with Crippen LogP contribution < -0.4 is 5.73 Å². The van der Waals surface area contributed by atoms with Crippen molar-refractivity contribution in [2.24, 2.45) is 5.92 Å². The average molecular weight is 206 g/mol. The van der Waals surface area contributed by atoms with Crippen LogP contribution in [0.5, 0.6) is 0 Å². The molecule has 0 aliphatic carbocycles. The largest absolute Gasteiger partial charge is 0.399 e. The fourth-order valence-electron chi connectivity index (χ4n) is 1.43. The highest BCUT2D eigenvalue weighted by Gasteiger charge is 2.05. The number of rotatable bonds is 2. The van der Waals surface area contributed by atoms with Crippen LogP contribution in [-0.4, -0.2) is 4.98 Å². The molecule has 2 nitrogen and oxygen atoms in total. The van der Waals surface area contributed by atoms with E-state index in [1.54, 1.807) is 11.3 Å². The summed E-state index contributed by atoms with van der Waals surface area (Å²) in [7, 11) is 0. The summed E-state index contributed by atoms with van der Waals surface area (Å²) >= 11 is 1.75. The Morgan fingerprint density at radius 2 is 2.21 bits per heavy atom. The van der Waals surface area contributed by atoms with E-state index in [0.717, 1.165) is 17.6 Å². The van der Waals surface area contributed by atoms with Crippen molar-refractivity contribution in [2.45, 2.75) is 20.3 Å². The third-order valence-electron chi connectivity index (χ3n) is 2.04. The number of thiazole rings is 1. The van der Waals surface area contributed by atoms with E-state index in [0.29, 0.717) is 5.92 Å². The number of nitrogens with zero attached hydrogens (tertiary/aromatic N) is 1. The molecule has 0 saturated heterocycles. The summed E-state index contributed by atoms with van der Waals surface area (Å²) in [6.07, 6.45) is 1.05. The lowest BCUT2D eigenvalue weighted by molar-refractivity contribution is 0.645. The fraction of sp³-hybridized carbons (Fsp3) is 0.364. The first-order valence-corrected chi connectivity index (χ1v) is 5.62. The van der Waals surface area contributed by atoms with Crippen LogP contribution in [0.2, 0.25) is 0 Å². The molecule has 0 spiro atoms. The molecule has 0 aliphatic rings. The Balaban J connectivity index is 2.41. The normalized spacial score (nSPS) is 11.4. The van der Waals surface area contributed by atoms with E-state index in [-0.39, 0.29) is 0 Å². The Morgan fingerprint density at radius 1 is 1.43 bits per heavy atom. The highest BCUT2D eigenvalue weighted by Crippen LogP contribution is 2.25. The molecular weight excluding hydrogens is 192 g/mol. The fourth-order valence-corrected chi connectivity index (χ4v) is 2.65. The van der Waals surface area contributed by atoms with Crippen molar-refractivity contribution < 1.29 is 0 Å². The van der Waals surface area contributed by atoms with Crippen molar-refractivity contribution in [1.29, 1.82) is 0 Å². The number of fused-ring (bicyclic) bond motifs is 1. The zero-order chi connectivity index (χ0) is 10.1. The van der Waals surface area contributed by atoms with Crippen LogP contribution in [0.3, 0.4) is 0 Å². The number of nitrogens with two attached hydrogens (primary N) is 1. The Labute approximate surface area is 87.8 Å². The van der Waals surface area contributed by atoms with Crippen LogP contribution in [0, 0.1) is 5.92 Å². The van der Waals surface area contributed by atoms with Gasteiger partial charge in [-0.05, 0) is 24.1 Å². The van der Waals surface area contributed by atoms with Crippen molar-refractivity contribution in [1.82, 2.24) is 4.98 Å².